The molecule has 0 spiro atoms. The van der Waals surface area contributed by atoms with E-state index in [-0.39, 0.29) is 24.2 Å². The molecule has 0 aliphatic heterocycles. The molecule has 4 nitrogen and oxygen atoms in total. The molecule has 1 saturated carbocycles. The van der Waals surface area contributed by atoms with Gasteiger partial charge in [-0.3, -0.25) is 4.79 Å². The minimum atomic E-state index is -0.269. The second kappa shape index (κ2) is 7.55. The van der Waals surface area contributed by atoms with Crippen LogP contribution in [0.5, 0.6) is 11.5 Å². The van der Waals surface area contributed by atoms with Crippen LogP contribution in [0, 0.1) is 5.82 Å². The molecular weight excluding hydrogens is 321 g/mol. The summed E-state index contributed by atoms with van der Waals surface area (Å²) in [5.74, 6) is 1.14. The molecule has 3 rings (SSSR count). The summed E-state index contributed by atoms with van der Waals surface area (Å²) >= 11 is 0. The molecule has 1 aliphatic rings. The van der Waals surface area contributed by atoms with Gasteiger partial charge in [-0.1, -0.05) is 12.1 Å². The smallest absolute Gasteiger partial charge is 0.227 e. The van der Waals surface area contributed by atoms with E-state index in [0.717, 1.165) is 24.0 Å². The molecule has 0 heterocycles. The third-order valence-corrected chi connectivity index (χ3v) is 4.40. The number of ether oxygens (including phenoxy) is 2. The number of rotatable bonds is 7. The Labute approximate surface area is 147 Å². The summed E-state index contributed by atoms with van der Waals surface area (Å²) in [7, 11) is 3.19. The zero-order valence-corrected chi connectivity index (χ0v) is 14.5. The van der Waals surface area contributed by atoms with Crippen molar-refractivity contribution in [3.8, 4) is 11.5 Å². The largest absolute Gasteiger partial charge is 0.497 e. The van der Waals surface area contributed by atoms with Crippen molar-refractivity contribution in [3.05, 3.63) is 59.4 Å². The number of amides is 1. The normalized spacial score (nSPS) is 13.4. The van der Waals surface area contributed by atoms with Gasteiger partial charge in [0.25, 0.3) is 0 Å². The molecule has 5 heteroatoms. The SMILES string of the molecule is COc1ccc(OC)c(CC(=O)N(Cc2ccc(F)cc2)C2CC2)c1. The van der Waals surface area contributed by atoms with Crippen LogP contribution < -0.4 is 9.47 Å². The van der Waals surface area contributed by atoms with Crippen LogP contribution in [0.2, 0.25) is 0 Å². The lowest BCUT2D eigenvalue weighted by Crippen LogP contribution is -2.33. The molecule has 0 radical (unpaired) electrons. The third-order valence-electron chi connectivity index (χ3n) is 4.40. The quantitative estimate of drug-likeness (QED) is 0.771. The van der Waals surface area contributed by atoms with Gasteiger partial charge in [0.2, 0.25) is 5.91 Å². The lowest BCUT2D eigenvalue weighted by atomic mass is 10.1. The predicted octanol–water partition coefficient (Wildman–Crippen LogP) is 3.58. The van der Waals surface area contributed by atoms with Gasteiger partial charge in [0, 0.05) is 18.2 Å². The molecule has 0 saturated heterocycles. The average molecular weight is 343 g/mol. The summed E-state index contributed by atoms with van der Waals surface area (Å²) in [5.41, 5.74) is 1.73. The van der Waals surface area contributed by atoms with E-state index in [1.165, 1.54) is 12.1 Å². The highest BCUT2D eigenvalue weighted by Gasteiger charge is 2.32. The molecule has 0 atom stereocenters. The minimum Gasteiger partial charge on any atom is -0.497 e. The zero-order chi connectivity index (χ0) is 17.8. The van der Waals surface area contributed by atoms with Gasteiger partial charge in [-0.2, -0.15) is 0 Å². The summed E-state index contributed by atoms with van der Waals surface area (Å²) < 4.78 is 23.7. The van der Waals surface area contributed by atoms with E-state index in [1.807, 2.05) is 23.1 Å². The zero-order valence-electron chi connectivity index (χ0n) is 14.5. The van der Waals surface area contributed by atoms with E-state index in [4.69, 9.17) is 9.47 Å². The third kappa shape index (κ3) is 4.29. The first-order valence-corrected chi connectivity index (χ1v) is 8.35. The molecular formula is C20H22FNO3. The van der Waals surface area contributed by atoms with Crippen molar-refractivity contribution in [2.24, 2.45) is 0 Å². The number of nitrogens with zero attached hydrogens (tertiary/aromatic N) is 1. The van der Waals surface area contributed by atoms with E-state index in [2.05, 4.69) is 0 Å². The maximum atomic E-state index is 13.1. The van der Waals surface area contributed by atoms with Gasteiger partial charge in [0.05, 0.1) is 20.6 Å². The van der Waals surface area contributed by atoms with Crippen LogP contribution in [-0.2, 0) is 17.8 Å². The second-order valence-electron chi connectivity index (χ2n) is 6.23. The highest BCUT2D eigenvalue weighted by atomic mass is 19.1. The van der Waals surface area contributed by atoms with Gasteiger partial charge in [-0.15, -0.1) is 0 Å². The van der Waals surface area contributed by atoms with E-state index in [9.17, 15) is 9.18 Å². The van der Waals surface area contributed by atoms with Crippen LogP contribution in [0.3, 0.4) is 0 Å². The second-order valence-corrected chi connectivity index (χ2v) is 6.23. The van der Waals surface area contributed by atoms with Crippen molar-refractivity contribution >= 4 is 5.91 Å². The molecule has 25 heavy (non-hydrogen) atoms. The van der Waals surface area contributed by atoms with Gasteiger partial charge in [-0.05, 0) is 48.7 Å². The van der Waals surface area contributed by atoms with Crippen molar-refractivity contribution in [3.63, 3.8) is 0 Å². The first-order valence-electron chi connectivity index (χ1n) is 8.35. The Morgan fingerprint density at radius 2 is 1.84 bits per heavy atom. The number of carbonyl (C=O) groups is 1. The van der Waals surface area contributed by atoms with Crippen molar-refractivity contribution in [1.82, 2.24) is 4.90 Å². The molecule has 1 fully saturated rings. The Bertz CT molecular complexity index is 741. The van der Waals surface area contributed by atoms with E-state index in [1.54, 1.807) is 26.4 Å². The fourth-order valence-corrected chi connectivity index (χ4v) is 2.88. The Morgan fingerprint density at radius 3 is 2.44 bits per heavy atom. The van der Waals surface area contributed by atoms with E-state index >= 15 is 0 Å². The average Bonchev–Trinajstić information content (AvgIpc) is 3.46. The Morgan fingerprint density at radius 1 is 1.12 bits per heavy atom. The first kappa shape index (κ1) is 17.3. The molecule has 1 amide bonds. The lowest BCUT2D eigenvalue weighted by Gasteiger charge is -2.23. The summed E-state index contributed by atoms with van der Waals surface area (Å²) in [5, 5.41) is 0. The predicted molar refractivity (Wildman–Crippen MR) is 93.2 cm³/mol. The van der Waals surface area contributed by atoms with Crippen molar-refractivity contribution in [2.45, 2.75) is 31.8 Å². The molecule has 1 aliphatic carbocycles. The molecule has 2 aromatic rings. The van der Waals surface area contributed by atoms with Crippen LogP contribution >= 0.6 is 0 Å². The molecule has 132 valence electrons. The Balaban J connectivity index is 1.76. The number of hydrogen-bond donors (Lipinski definition) is 0. The Kier molecular flexibility index (Phi) is 5.22. The maximum Gasteiger partial charge on any atom is 0.227 e. The number of benzene rings is 2. The highest BCUT2D eigenvalue weighted by molar-refractivity contribution is 5.80. The summed E-state index contributed by atoms with van der Waals surface area (Å²) in [6.45, 7) is 0.496. The lowest BCUT2D eigenvalue weighted by molar-refractivity contribution is -0.131. The molecule has 0 N–H and O–H groups in total. The van der Waals surface area contributed by atoms with Crippen molar-refractivity contribution < 1.29 is 18.7 Å². The molecule has 2 aromatic carbocycles. The van der Waals surface area contributed by atoms with Gasteiger partial charge < -0.3 is 14.4 Å². The minimum absolute atomic E-state index is 0.0402. The van der Waals surface area contributed by atoms with Crippen LogP contribution in [-0.4, -0.2) is 31.1 Å². The first-order chi connectivity index (χ1) is 12.1. The van der Waals surface area contributed by atoms with Gasteiger partial charge >= 0.3 is 0 Å². The maximum absolute atomic E-state index is 13.1. The van der Waals surface area contributed by atoms with Gasteiger partial charge in [0.1, 0.15) is 17.3 Å². The van der Waals surface area contributed by atoms with Crippen LogP contribution in [0.15, 0.2) is 42.5 Å². The van der Waals surface area contributed by atoms with Crippen molar-refractivity contribution in [2.75, 3.05) is 14.2 Å². The Hall–Kier alpha value is -2.56. The number of halogens is 1. The summed E-state index contributed by atoms with van der Waals surface area (Å²) in [6.07, 6.45) is 2.28. The molecule has 0 unspecified atom stereocenters. The van der Waals surface area contributed by atoms with Crippen LogP contribution in [0.25, 0.3) is 0 Å². The van der Waals surface area contributed by atoms with Gasteiger partial charge in [0.15, 0.2) is 0 Å². The van der Waals surface area contributed by atoms with E-state index in [0.29, 0.717) is 18.0 Å². The highest BCUT2D eigenvalue weighted by Crippen LogP contribution is 2.31. The van der Waals surface area contributed by atoms with Crippen LogP contribution in [0.4, 0.5) is 4.39 Å². The van der Waals surface area contributed by atoms with Crippen LogP contribution in [0.1, 0.15) is 24.0 Å². The number of hydrogen-bond acceptors (Lipinski definition) is 3. The number of carbonyl (C=O) groups excluding carboxylic acids is 1. The van der Waals surface area contributed by atoms with E-state index < -0.39 is 0 Å². The molecule has 0 bridgehead atoms. The standard InChI is InChI=1S/C20H22FNO3/c1-24-18-9-10-19(25-2)15(11-18)12-20(23)22(17-7-8-17)13-14-3-5-16(21)6-4-14/h3-6,9-11,17H,7-8,12-13H2,1-2H3. The summed E-state index contributed by atoms with van der Waals surface area (Å²) in [4.78, 5) is 14.8. The van der Waals surface area contributed by atoms with Crippen molar-refractivity contribution in [1.29, 1.82) is 0 Å². The fraction of sp³-hybridized carbons (Fsp3) is 0.350. The summed E-state index contributed by atoms with van der Waals surface area (Å²) in [6, 6.07) is 12.0. The van der Waals surface area contributed by atoms with Gasteiger partial charge in [-0.25, -0.2) is 4.39 Å². The number of methoxy groups -OCH3 is 2. The monoisotopic (exact) mass is 343 g/mol. The topological polar surface area (TPSA) is 38.8 Å². The fourth-order valence-electron chi connectivity index (χ4n) is 2.88. The molecule has 0 aromatic heterocycles.